The summed E-state index contributed by atoms with van der Waals surface area (Å²) >= 11 is 0. The van der Waals surface area contributed by atoms with Gasteiger partial charge in [-0.05, 0) is 49.9 Å². The quantitative estimate of drug-likeness (QED) is 0.519. The third-order valence-electron chi connectivity index (χ3n) is 5.63. The van der Waals surface area contributed by atoms with E-state index in [-0.39, 0.29) is 5.91 Å². The Hall–Kier alpha value is -3.35. The minimum Gasteiger partial charge on any atom is -0.493 e. The first-order chi connectivity index (χ1) is 15.7. The van der Waals surface area contributed by atoms with E-state index in [0.29, 0.717) is 37.0 Å². The van der Waals surface area contributed by atoms with E-state index in [2.05, 4.69) is 25.5 Å². The first-order valence-electron chi connectivity index (χ1n) is 11.4. The molecule has 3 aromatic rings. The number of piperidine rings is 1. The van der Waals surface area contributed by atoms with Gasteiger partial charge in [0.2, 0.25) is 5.95 Å². The minimum absolute atomic E-state index is 0.147. The van der Waals surface area contributed by atoms with Crippen molar-refractivity contribution in [2.75, 3.05) is 43.0 Å². The lowest BCUT2D eigenvalue weighted by molar-refractivity contribution is 0.0953. The number of benzene rings is 2. The van der Waals surface area contributed by atoms with Crippen molar-refractivity contribution in [1.82, 2.24) is 15.3 Å². The lowest BCUT2D eigenvalue weighted by Gasteiger charge is -2.28. The zero-order valence-corrected chi connectivity index (χ0v) is 18.9. The summed E-state index contributed by atoms with van der Waals surface area (Å²) in [5.74, 6) is 2.02. The average molecular weight is 434 g/mol. The Morgan fingerprint density at radius 3 is 2.69 bits per heavy atom. The largest absolute Gasteiger partial charge is 0.493 e. The first-order valence-corrected chi connectivity index (χ1v) is 11.4. The van der Waals surface area contributed by atoms with Crippen molar-refractivity contribution in [3.63, 3.8) is 0 Å². The number of amides is 1. The molecule has 0 atom stereocenters. The van der Waals surface area contributed by atoms with Gasteiger partial charge in [0.1, 0.15) is 11.6 Å². The molecule has 0 spiro atoms. The van der Waals surface area contributed by atoms with Crippen LogP contribution in [0.1, 0.15) is 42.2 Å². The van der Waals surface area contributed by atoms with Crippen LogP contribution in [-0.4, -0.2) is 48.7 Å². The van der Waals surface area contributed by atoms with Crippen molar-refractivity contribution in [3.8, 4) is 5.75 Å². The molecule has 168 valence electrons. The number of nitrogens with one attached hydrogen (secondary N) is 2. The Kier molecular flexibility index (Phi) is 7.04. The van der Waals surface area contributed by atoms with Gasteiger partial charge in [-0.25, -0.2) is 4.98 Å². The number of carbonyl (C=O) groups excluding carboxylic acids is 1. The standard InChI is InChI=1S/C25H31N5O2/c1-3-32-21-12-11-19-9-5-6-10-20(19)23(21)24(31)26-13-14-27-25-28-18(2)17-22(29-25)30-15-7-4-8-16-30/h5-6,9-12,17H,3-4,7-8,13-16H2,1-2H3,(H,26,31)(H,27,28,29). The van der Waals surface area contributed by atoms with Crippen molar-refractivity contribution in [2.45, 2.75) is 33.1 Å². The van der Waals surface area contributed by atoms with Gasteiger partial charge in [-0.1, -0.05) is 30.3 Å². The molecular formula is C25H31N5O2. The molecule has 7 nitrogen and oxygen atoms in total. The fraction of sp³-hybridized carbons (Fsp3) is 0.400. The number of hydrogen-bond acceptors (Lipinski definition) is 6. The molecule has 0 aliphatic carbocycles. The van der Waals surface area contributed by atoms with Crippen molar-refractivity contribution in [3.05, 3.63) is 53.7 Å². The summed E-state index contributed by atoms with van der Waals surface area (Å²) in [4.78, 5) is 24.5. The second-order valence-electron chi connectivity index (χ2n) is 8.01. The molecule has 1 aliphatic heterocycles. The van der Waals surface area contributed by atoms with Gasteiger partial charge in [-0.2, -0.15) is 4.98 Å². The lowest BCUT2D eigenvalue weighted by atomic mass is 10.0. The second-order valence-corrected chi connectivity index (χ2v) is 8.01. The summed E-state index contributed by atoms with van der Waals surface area (Å²) in [5.41, 5.74) is 1.51. The molecule has 0 unspecified atom stereocenters. The van der Waals surface area contributed by atoms with E-state index in [4.69, 9.17) is 4.74 Å². The topological polar surface area (TPSA) is 79.4 Å². The van der Waals surface area contributed by atoms with Crippen molar-refractivity contribution in [2.24, 2.45) is 0 Å². The van der Waals surface area contributed by atoms with Crippen LogP contribution in [0.2, 0.25) is 0 Å². The summed E-state index contributed by atoms with van der Waals surface area (Å²) in [6.07, 6.45) is 3.69. The number of nitrogens with zero attached hydrogens (tertiary/aromatic N) is 3. The number of fused-ring (bicyclic) bond motifs is 1. The van der Waals surface area contributed by atoms with E-state index >= 15 is 0 Å². The number of ether oxygens (including phenoxy) is 1. The van der Waals surface area contributed by atoms with Gasteiger partial charge in [0.25, 0.3) is 5.91 Å². The number of carbonyl (C=O) groups is 1. The number of hydrogen-bond donors (Lipinski definition) is 2. The van der Waals surface area contributed by atoms with E-state index in [1.54, 1.807) is 0 Å². The van der Waals surface area contributed by atoms with Gasteiger partial charge in [-0.3, -0.25) is 4.79 Å². The normalized spacial score (nSPS) is 13.8. The highest BCUT2D eigenvalue weighted by atomic mass is 16.5. The van der Waals surface area contributed by atoms with Gasteiger partial charge >= 0.3 is 0 Å². The predicted molar refractivity (Wildman–Crippen MR) is 129 cm³/mol. The van der Waals surface area contributed by atoms with Gasteiger partial charge in [-0.15, -0.1) is 0 Å². The Labute approximate surface area is 189 Å². The summed E-state index contributed by atoms with van der Waals surface area (Å²) in [6, 6.07) is 13.7. The first kappa shape index (κ1) is 21.9. The predicted octanol–water partition coefficient (Wildman–Crippen LogP) is 4.17. The van der Waals surface area contributed by atoms with Crippen LogP contribution in [0.5, 0.6) is 5.75 Å². The zero-order chi connectivity index (χ0) is 22.3. The average Bonchev–Trinajstić information content (AvgIpc) is 2.82. The van der Waals surface area contributed by atoms with Crippen LogP contribution in [-0.2, 0) is 0 Å². The second kappa shape index (κ2) is 10.3. The molecule has 4 rings (SSSR count). The molecular weight excluding hydrogens is 402 g/mol. The highest BCUT2D eigenvalue weighted by Crippen LogP contribution is 2.28. The monoisotopic (exact) mass is 433 g/mol. The number of aryl methyl sites for hydroxylation is 1. The van der Waals surface area contributed by atoms with Crippen LogP contribution in [0.15, 0.2) is 42.5 Å². The maximum absolute atomic E-state index is 13.0. The Morgan fingerprint density at radius 1 is 1.06 bits per heavy atom. The number of rotatable bonds is 8. The fourth-order valence-corrected chi connectivity index (χ4v) is 4.12. The Balaban J connectivity index is 1.40. The highest BCUT2D eigenvalue weighted by molar-refractivity contribution is 6.09. The summed E-state index contributed by atoms with van der Waals surface area (Å²) in [7, 11) is 0. The fourth-order valence-electron chi connectivity index (χ4n) is 4.12. The molecule has 0 bridgehead atoms. The van der Waals surface area contributed by atoms with Gasteiger partial charge in [0, 0.05) is 37.9 Å². The molecule has 2 heterocycles. The molecule has 1 aromatic heterocycles. The van der Waals surface area contributed by atoms with E-state index in [9.17, 15) is 4.79 Å². The molecule has 1 saturated heterocycles. The number of anilines is 2. The van der Waals surface area contributed by atoms with Crippen LogP contribution in [0, 0.1) is 6.92 Å². The maximum atomic E-state index is 13.0. The summed E-state index contributed by atoms with van der Waals surface area (Å²) in [5, 5.41) is 8.16. The molecule has 32 heavy (non-hydrogen) atoms. The Morgan fingerprint density at radius 2 is 1.88 bits per heavy atom. The van der Waals surface area contributed by atoms with E-state index in [1.165, 1.54) is 19.3 Å². The van der Waals surface area contributed by atoms with Crippen LogP contribution in [0.4, 0.5) is 11.8 Å². The number of aromatic nitrogens is 2. The maximum Gasteiger partial charge on any atom is 0.255 e. The van der Waals surface area contributed by atoms with Crippen LogP contribution >= 0.6 is 0 Å². The van der Waals surface area contributed by atoms with Gasteiger partial charge in [0.05, 0.1) is 12.2 Å². The van der Waals surface area contributed by atoms with Gasteiger partial charge in [0.15, 0.2) is 0 Å². The SMILES string of the molecule is CCOc1ccc2ccccc2c1C(=O)NCCNc1nc(C)cc(N2CCCCC2)n1. The van der Waals surface area contributed by atoms with Crippen molar-refractivity contribution < 1.29 is 9.53 Å². The van der Waals surface area contributed by atoms with E-state index in [0.717, 1.165) is 35.4 Å². The molecule has 1 amide bonds. The Bertz CT molecular complexity index is 1080. The summed E-state index contributed by atoms with van der Waals surface area (Å²) in [6.45, 7) is 7.47. The smallest absolute Gasteiger partial charge is 0.255 e. The van der Waals surface area contributed by atoms with E-state index < -0.39 is 0 Å². The molecule has 7 heteroatoms. The summed E-state index contributed by atoms with van der Waals surface area (Å²) < 4.78 is 5.72. The molecule has 2 aromatic carbocycles. The van der Waals surface area contributed by atoms with Gasteiger partial charge < -0.3 is 20.3 Å². The molecule has 0 radical (unpaired) electrons. The van der Waals surface area contributed by atoms with E-state index in [1.807, 2.05) is 56.3 Å². The third kappa shape index (κ3) is 5.10. The minimum atomic E-state index is -0.147. The van der Waals surface area contributed by atoms with Crippen LogP contribution in [0.25, 0.3) is 10.8 Å². The molecule has 0 saturated carbocycles. The van der Waals surface area contributed by atoms with Crippen molar-refractivity contribution >= 4 is 28.4 Å². The molecule has 2 N–H and O–H groups in total. The highest BCUT2D eigenvalue weighted by Gasteiger charge is 2.17. The zero-order valence-electron chi connectivity index (χ0n) is 18.9. The van der Waals surface area contributed by atoms with Crippen molar-refractivity contribution in [1.29, 1.82) is 0 Å². The third-order valence-corrected chi connectivity index (χ3v) is 5.63. The molecule has 1 fully saturated rings. The van der Waals surface area contributed by atoms with Crippen LogP contribution in [0.3, 0.4) is 0 Å². The van der Waals surface area contributed by atoms with Crippen LogP contribution < -0.4 is 20.3 Å². The lowest BCUT2D eigenvalue weighted by Crippen LogP contribution is -2.31. The molecule has 1 aliphatic rings.